The zero-order valence-corrected chi connectivity index (χ0v) is 18.3. The number of sulfonamides is 1. The van der Waals surface area contributed by atoms with Crippen LogP contribution in [0.5, 0.6) is 5.75 Å². The van der Waals surface area contributed by atoms with Crippen LogP contribution < -0.4 is 10.1 Å². The van der Waals surface area contributed by atoms with E-state index in [1.54, 1.807) is 30.3 Å². The molecule has 2 aromatic carbocycles. The summed E-state index contributed by atoms with van der Waals surface area (Å²) in [5.74, 6) is -0.697. The van der Waals surface area contributed by atoms with E-state index in [0.29, 0.717) is 30.6 Å². The topological polar surface area (TPSA) is 92.8 Å². The molecule has 1 heterocycles. The molecule has 1 N–H and O–H groups in total. The molecule has 0 unspecified atom stereocenters. The maximum atomic E-state index is 13.2. The number of rotatable bonds is 6. The third-order valence-electron chi connectivity index (χ3n) is 5.04. The number of benzene rings is 2. The quantitative estimate of drug-likeness (QED) is 0.679. The number of Topliss-reactive ketones (excluding diaryl/α,β-unsaturated/α-hetero) is 1. The van der Waals surface area contributed by atoms with Gasteiger partial charge in [-0.2, -0.15) is 4.31 Å². The number of anilines is 1. The fraction of sp³-hybridized carbons (Fsp3) is 0.333. The first-order valence-corrected chi connectivity index (χ1v) is 11.3. The van der Waals surface area contributed by atoms with Crippen molar-refractivity contribution >= 4 is 39.0 Å². The van der Waals surface area contributed by atoms with Crippen LogP contribution in [0, 0.1) is 5.92 Å². The minimum atomic E-state index is -3.89. The predicted octanol–water partition coefficient (Wildman–Crippen LogP) is 3.59. The van der Waals surface area contributed by atoms with E-state index in [9.17, 15) is 18.0 Å². The van der Waals surface area contributed by atoms with Gasteiger partial charge in [-0.05, 0) is 50.1 Å². The van der Waals surface area contributed by atoms with E-state index < -0.39 is 15.9 Å². The largest absolute Gasteiger partial charge is 0.495 e. The van der Waals surface area contributed by atoms with Crippen LogP contribution in [-0.4, -0.2) is 44.6 Å². The Labute approximate surface area is 181 Å². The predicted molar refractivity (Wildman–Crippen MR) is 115 cm³/mol. The molecule has 1 aliphatic rings. The third-order valence-corrected chi connectivity index (χ3v) is 7.16. The summed E-state index contributed by atoms with van der Waals surface area (Å²) in [4.78, 5) is 24.3. The van der Waals surface area contributed by atoms with Crippen LogP contribution in [0.25, 0.3) is 0 Å². The van der Waals surface area contributed by atoms with Gasteiger partial charge in [0.1, 0.15) is 10.6 Å². The van der Waals surface area contributed by atoms with Gasteiger partial charge in [0, 0.05) is 29.4 Å². The molecule has 1 atom stereocenters. The van der Waals surface area contributed by atoms with E-state index in [1.807, 2.05) is 0 Å². The first-order valence-electron chi connectivity index (χ1n) is 9.48. The molecule has 0 spiro atoms. The summed E-state index contributed by atoms with van der Waals surface area (Å²) >= 11 is 6.00. The number of hydrogen-bond donors (Lipinski definition) is 1. The van der Waals surface area contributed by atoms with E-state index in [2.05, 4.69) is 5.32 Å². The highest BCUT2D eigenvalue weighted by molar-refractivity contribution is 7.89. The molecule has 0 bridgehead atoms. The van der Waals surface area contributed by atoms with Crippen LogP contribution in [0.4, 0.5) is 5.69 Å². The second kappa shape index (κ2) is 9.16. The van der Waals surface area contributed by atoms with Crippen LogP contribution in [-0.2, 0) is 14.8 Å². The Morgan fingerprint density at radius 2 is 1.97 bits per heavy atom. The van der Waals surface area contributed by atoms with Crippen molar-refractivity contribution < 1.29 is 22.7 Å². The number of carbonyl (C=O) groups excluding carboxylic acids is 2. The molecule has 1 amide bonds. The number of piperidine rings is 1. The highest BCUT2D eigenvalue weighted by Gasteiger charge is 2.35. The Balaban J connectivity index is 1.78. The summed E-state index contributed by atoms with van der Waals surface area (Å²) in [7, 11) is -2.49. The SMILES string of the molecule is COc1ccc(Cl)cc1S(=O)(=O)N1CCC[C@@H](C(=O)Nc2cccc(C(C)=O)c2)C1. The average Bonchev–Trinajstić information content (AvgIpc) is 2.74. The van der Waals surface area contributed by atoms with Gasteiger partial charge in [0.2, 0.25) is 15.9 Å². The molecule has 1 fully saturated rings. The second-order valence-corrected chi connectivity index (χ2v) is 9.47. The molecule has 1 aliphatic heterocycles. The van der Waals surface area contributed by atoms with Gasteiger partial charge < -0.3 is 10.1 Å². The minimum Gasteiger partial charge on any atom is -0.495 e. The first kappa shape index (κ1) is 22.3. The number of nitrogens with one attached hydrogen (secondary N) is 1. The van der Waals surface area contributed by atoms with E-state index in [1.165, 1.54) is 30.5 Å². The normalized spacial score (nSPS) is 17.4. The molecule has 7 nitrogen and oxygen atoms in total. The molecule has 1 saturated heterocycles. The van der Waals surface area contributed by atoms with Crippen molar-refractivity contribution in [1.82, 2.24) is 4.31 Å². The third kappa shape index (κ3) is 4.83. The Morgan fingerprint density at radius 1 is 1.20 bits per heavy atom. The maximum Gasteiger partial charge on any atom is 0.246 e. The van der Waals surface area contributed by atoms with E-state index in [-0.39, 0.29) is 33.9 Å². The molecule has 30 heavy (non-hydrogen) atoms. The van der Waals surface area contributed by atoms with E-state index in [4.69, 9.17) is 16.3 Å². The second-order valence-electron chi connectivity index (χ2n) is 7.12. The van der Waals surface area contributed by atoms with Crippen molar-refractivity contribution in [1.29, 1.82) is 0 Å². The molecule has 0 saturated carbocycles. The van der Waals surface area contributed by atoms with Gasteiger partial charge in [0.15, 0.2) is 5.78 Å². The Hall–Kier alpha value is -2.42. The van der Waals surface area contributed by atoms with Crippen molar-refractivity contribution in [3.63, 3.8) is 0 Å². The van der Waals surface area contributed by atoms with Gasteiger partial charge in [-0.1, -0.05) is 23.7 Å². The fourth-order valence-corrected chi connectivity index (χ4v) is 5.37. The van der Waals surface area contributed by atoms with Crippen molar-refractivity contribution in [2.75, 3.05) is 25.5 Å². The summed E-state index contributed by atoms with van der Waals surface area (Å²) in [6, 6.07) is 11.1. The highest BCUT2D eigenvalue weighted by Crippen LogP contribution is 2.32. The monoisotopic (exact) mass is 450 g/mol. The number of carbonyl (C=O) groups is 2. The number of methoxy groups -OCH3 is 1. The van der Waals surface area contributed by atoms with Gasteiger partial charge in [-0.3, -0.25) is 9.59 Å². The molecular weight excluding hydrogens is 428 g/mol. The standard InChI is InChI=1S/C21H23ClN2O5S/c1-14(25)15-5-3-7-18(11-15)23-21(26)16-6-4-10-24(13-16)30(27,28)20-12-17(22)8-9-19(20)29-2/h3,5,7-9,11-12,16H,4,6,10,13H2,1-2H3,(H,23,26)/t16-/m1/s1. The van der Waals surface area contributed by atoms with Gasteiger partial charge in [-0.25, -0.2) is 8.42 Å². The van der Waals surface area contributed by atoms with Crippen LogP contribution in [0.2, 0.25) is 5.02 Å². The molecule has 0 radical (unpaired) electrons. The molecule has 2 aromatic rings. The van der Waals surface area contributed by atoms with Crippen LogP contribution >= 0.6 is 11.6 Å². The van der Waals surface area contributed by atoms with Gasteiger partial charge >= 0.3 is 0 Å². The van der Waals surface area contributed by atoms with Crippen molar-refractivity contribution in [2.45, 2.75) is 24.7 Å². The number of nitrogens with zero attached hydrogens (tertiary/aromatic N) is 1. The molecule has 160 valence electrons. The molecule has 0 aromatic heterocycles. The lowest BCUT2D eigenvalue weighted by Crippen LogP contribution is -2.43. The van der Waals surface area contributed by atoms with Crippen molar-refractivity contribution in [3.05, 3.63) is 53.1 Å². The summed E-state index contributed by atoms with van der Waals surface area (Å²) < 4.78 is 32.8. The number of ether oxygens (including phenoxy) is 1. The zero-order chi connectivity index (χ0) is 21.9. The van der Waals surface area contributed by atoms with Crippen molar-refractivity contribution in [3.8, 4) is 5.75 Å². The molecule has 9 heteroatoms. The molecule has 0 aliphatic carbocycles. The number of ketones is 1. The zero-order valence-electron chi connectivity index (χ0n) is 16.7. The van der Waals surface area contributed by atoms with Gasteiger partial charge in [0.25, 0.3) is 0 Å². The van der Waals surface area contributed by atoms with Gasteiger partial charge in [-0.15, -0.1) is 0 Å². The first-order chi connectivity index (χ1) is 14.2. The van der Waals surface area contributed by atoms with Crippen molar-refractivity contribution in [2.24, 2.45) is 5.92 Å². The number of hydrogen-bond acceptors (Lipinski definition) is 5. The maximum absolute atomic E-state index is 13.2. The number of amides is 1. The Kier molecular flexibility index (Phi) is 6.80. The summed E-state index contributed by atoms with van der Waals surface area (Å²) in [6.07, 6.45) is 1.12. The summed E-state index contributed by atoms with van der Waals surface area (Å²) in [5, 5.41) is 3.08. The molecular formula is C21H23ClN2O5S. The fourth-order valence-electron chi connectivity index (χ4n) is 3.43. The lowest BCUT2D eigenvalue weighted by atomic mass is 9.98. The smallest absolute Gasteiger partial charge is 0.246 e. The van der Waals surface area contributed by atoms with Crippen LogP contribution in [0.3, 0.4) is 0 Å². The Morgan fingerprint density at radius 3 is 2.67 bits per heavy atom. The highest BCUT2D eigenvalue weighted by atomic mass is 35.5. The number of halogens is 1. The lowest BCUT2D eigenvalue weighted by molar-refractivity contribution is -0.120. The average molecular weight is 451 g/mol. The van der Waals surface area contributed by atoms with Crippen LogP contribution in [0.15, 0.2) is 47.4 Å². The summed E-state index contributed by atoms with van der Waals surface area (Å²) in [6.45, 7) is 1.81. The van der Waals surface area contributed by atoms with Crippen LogP contribution in [0.1, 0.15) is 30.1 Å². The van der Waals surface area contributed by atoms with E-state index >= 15 is 0 Å². The van der Waals surface area contributed by atoms with Gasteiger partial charge in [0.05, 0.1) is 13.0 Å². The Bertz CT molecular complexity index is 1070. The van der Waals surface area contributed by atoms with E-state index in [0.717, 1.165) is 0 Å². The summed E-state index contributed by atoms with van der Waals surface area (Å²) in [5.41, 5.74) is 0.998. The molecule has 3 rings (SSSR count). The minimum absolute atomic E-state index is 0.0206. The lowest BCUT2D eigenvalue weighted by Gasteiger charge is -2.31.